The van der Waals surface area contributed by atoms with Gasteiger partial charge in [-0.1, -0.05) is 0 Å². The number of morpholine rings is 1. The van der Waals surface area contributed by atoms with Crippen molar-refractivity contribution in [3.63, 3.8) is 0 Å². The number of rotatable bonds is 5. The number of ether oxygens (including phenoxy) is 2. The highest BCUT2D eigenvalue weighted by Crippen LogP contribution is 2.10. The van der Waals surface area contributed by atoms with Crippen molar-refractivity contribution in [2.75, 3.05) is 39.9 Å². The zero-order chi connectivity index (χ0) is 14.4. The first-order valence-electron chi connectivity index (χ1n) is 6.58. The first-order valence-corrected chi connectivity index (χ1v) is 6.58. The summed E-state index contributed by atoms with van der Waals surface area (Å²) >= 11 is 0. The van der Waals surface area contributed by atoms with Gasteiger partial charge in [-0.2, -0.15) is 0 Å². The zero-order valence-corrected chi connectivity index (χ0v) is 11.5. The average Bonchev–Trinajstić information content (AvgIpc) is 2.45. The first kappa shape index (κ1) is 14.7. The van der Waals surface area contributed by atoms with Gasteiger partial charge in [-0.15, -0.1) is 0 Å². The molecular weight excluding hydrogens is 263 g/mol. The van der Waals surface area contributed by atoms with Crippen molar-refractivity contribution >= 4 is 5.91 Å². The van der Waals surface area contributed by atoms with Crippen molar-refractivity contribution in [3.05, 3.63) is 30.1 Å². The van der Waals surface area contributed by atoms with Gasteiger partial charge >= 0.3 is 0 Å². The number of nitrogens with one attached hydrogen (secondary N) is 1. The molecule has 5 nitrogen and oxygen atoms in total. The minimum Gasteiger partial charge on any atom is -0.484 e. The third-order valence-corrected chi connectivity index (χ3v) is 3.05. The maximum absolute atomic E-state index is 12.7. The highest BCUT2D eigenvalue weighted by Gasteiger charge is 2.18. The van der Waals surface area contributed by atoms with E-state index >= 15 is 0 Å². The SMILES string of the molecule is CN1CCOC(CNC(=O)COc2ccc(F)cc2)C1. The van der Waals surface area contributed by atoms with Gasteiger partial charge in [0.15, 0.2) is 6.61 Å². The summed E-state index contributed by atoms with van der Waals surface area (Å²) in [6, 6.07) is 5.56. The Morgan fingerprint density at radius 2 is 2.25 bits per heavy atom. The number of likely N-dealkylation sites (N-methyl/N-ethyl adjacent to an activating group) is 1. The zero-order valence-electron chi connectivity index (χ0n) is 11.5. The van der Waals surface area contributed by atoms with E-state index in [1.165, 1.54) is 24.3 Å². The third-order valence-electron chi connectivity index (χ3n) is 3.05. The van der Waals surface area contributed by atoms with Gasteiger partial charge in [0.25, 0.3) is 5.91 Å². The number of carbonyl (C=O) groups is 1. The maximum Gasteiger partial charge on any atom is 0.258 e. The van der Waals surface area contributed by atoms with Crippen LogP contribution in [-0.2, 0) is 9.53 Å². The van der Waals surface area contributed by atoms with E-state index in [4.69, 9.17) is 9.47 Å². The molecule has 1 unspecified atom stereocenters. The van der Waals surface area contributed by atoms with Crippen LogP contribution in [0.5, 0.6) is 5.75 Å². The van der Waals surface area contributed by atoms with Crippen LogP contribution in [0.15, 0.2) is 24.3 Å². The normalized spacial score (nSPS) is 19.6. The van der Waals surface area contributed by atoms with Crippen LogP contribution in [0.25, 0.3) is 0 Å². The topological polar surface area (TPSA) is 50.8 Å². The number of halogens is 1. The molecule has 1 N–H and O–H groups in total. The van der Waals surface area contributed by atoms with Crippen molar-refractivity contribution in [2.45, 2.75) is 6.10 Å². The van der Waals surface area contributed by atoms with E-state index in [2.05, 4.69) is 10.2 Å². The molecular formula is C14H19FN2O3. The Bertz CT molecular complexity index is 439. The van der Waals surface area contributed by atoms with Gasteiger partial charge in [-0.05, 0) is 31.3 Å². The van der Waals surface area contributed by atoms with Crippen molar-refractivity contribution in [1.29, 1.82) is 0 Å². The highest BCUT2D eigenvalue weighted by molar-refractivity contribution is 5.77. The molecule has 2 rings (SSSR count). The fraction of sp³-hybridized carbons (Fsp3) is 0.500. The number of hydrogen-bond acceptors (Lipinski definition) is 4. The van der Waals surface area contributed by atoms with E-state index in [1.54, 1.807) is 0 Å². The number of amides is 1. The van der Waals surface area contributed by atoms with E-state index in [-0.39, 0.29) is 24.4 Å². The molecule has 110 valence electrons. The van der Waals surface area contributed by atoms with Gasteiger partial charge in [-0.3, -0.25) is 4.79 Å². The second kappa shape index (κ2) is 7.21. The largest absolute Gasteiger partial charge is 0.484 e. The van der Waals surface area contributed by atoms with Crippen LogP contribution < -0.4 is 10.1 Å². The van der Waals surface area contributed by atoms with Gasteiger partial charge in [0.05, 0.1) is 12.7 Å². The molecule has 1 aromatic rings. The van der Waals surface area contributed by atoms with Gasteiger partial charge < -0.3 is 19.7 Å². The molecule has 6 heteroatoms. The smallest absolute Gasteiger partial charge is 0.258 e. The molecule has 0 spiro atoms. The Morgan fingerprint density at radius 3 is 2.95 bits per heavy atom. The number of nitrogens with zero attached hydrogens (tertiary/aromatic N) is 1. The number of benzene rings is 1. The minimum absolute atomic E-state index is 0.0171. The summed E-state index contributed by atoms with van der Waals surface area (Å²) in [5.74, 6) is -0.0817. The lowest BCUT2D eigenvalue weighted by Gasteiger charge is -2.30. The quantitative estimate of drug-likeness (QED) is 0.861. The lowest BCUT2D eigenvalue weighted by molar-refractivity contribution is -0.124. The van der Waals surface area contributed by atoms with Gasteiger partial charge in [0.2, 0.25) is 0 Å². The van der Waals surface area contributed by atoms with Crippen LogP contribution in [-0.4, -0.2) is 56.8 Å². The molecule has 0 saturated carbocycles. The second-order valence-corrected chi connectivity index (χ2v) is 4.80. The summed E-state index contributed by atoms with van der Waals surface area (Å²) < 4.78 is 23.5. The number of hydrogen-bond donors (Lipinski definition) is 1. The fourth-order valence-electron chi connectivity index (χ4n) is 1.95. The van der Waals surface area contributed by atoms with Crippen LogP contribution in [0.2, 0.25) is 0 Å². The van der Waals surface area contributed by atoms with Crippen LogP contribution in [0, 0.1) is 5.82 Å². The van der Waals surface area contributed by atoms with Gasteiger partial charge in [0, 0.05) is 19.6 Å². The summed E-state index contributed by atoms with van der Waals surface area (Å²) in [5, 5.41) is 2.76. The highest BCUT2D eigenvalue weighted by atomic mass is 19.1. The fourth-order valence-corrected chi connectivity index (χ4v) is 1.95. The number of carbonyl (C=O) groups excluding carboxylic acids is 1. The summed E-state index contributed by atoms with van der Waals surface area (Å²) in [5.41, 5.74) is 0. The van der Waals surface area contributed by atoms with Crippen molar-refractivity contribution < 1.29 is 18.7 Å². The summed E-state index contributed by atoms with van der Waals surface area (Å²) in [6.07, 6.45) is 0.0171. The van der Waals surface area contributed by atoms with E-state index in [0.717, 1.165) is 13.1 Å². The van der Waals surface area contributed by atoms with Crippen LogP contribution in [0.1, 0.15) is 0 Å². The van der Waals surface area contributed by atoms with E-state index < -0.39 is 0 Å². The maximum atomic E-state index is 12.7. The van der Waals surface area contributed by atoms with Crippen molar-refractivity contribution in [2.24, 2.45) is 0 Å². The van der Waals surface area contributed by atoms with E-state index in [9.17, 15) is 9.18 Å². The minimum atomic E-state index is -0.333. The van der Waals surface area contributed by atoms with Crippen molar-refractivity contribution in [3.8, 4) is 5.75 Å². The lowest BCUT2D eigenvalue weighted by Crippen LogP contribution is -2.46. The standard InChI is InChI=1S/C14H19FN2O3/c1-17-6-7-19-13(9-17)8-16-14(18)10-20-12-4-2-11(15)3-5-12/h2-5,13H,6-10H2,1H3,(H,16,18). The molecule has 1 saturated heterocycles. The monoisotopic (exact) mass is 282 g/mol. The van der Waals surface area contributed by atoms with Gasteiger partial charge in [0.1, 0.15) is 11.6 Å². The Morgan fingerprint density at radius 1 is 1.50 bits per heavy atom. The predicted molar refractivity (Wildman–Crippen MR) is 72.1 cm³/mol. The molecule has 1 fully saturated rings. The van der Waals surface area contributed by atoms with Crippen LogP contribution >= 0.6 is 0 Å². The van der Waals surface area contributed by atoms with Gasteiger partial charge in [-0.25, -0.2) is 4.39 Å². The molecule has 0 aliphatic carbocycles. The Kier molecular flexibility index (Phi) is 5.31. The Balaban J connectivity index is 1.66. The Hall–Kier alpha value is -1.66. The molecule has 1 heterocycles. The molecule has 0 radical (unpaired) electrons. The summed E-state index contributed by atoms with van der Waals surface area (Å²) in [6.45, 7) is 2.78. The average molecular weight is 282 g/mol. The van der Waals surface area contributed by atoms with E-state index in [0.29, 0.717) is 18.9 Å². The lowest BCUT2D eigenvalue weighted by atomic mass is 10.3. The predicted octanol–water partition coefficient (Wildman–Crippen LogP) is 0.651. The molecule has 0 aromatic heterocycles. The first-order chi connectivity index (χ1) is 9.63. The molecule has 1 aliphatic heterocycles. The molecule has 20 heavy (non-hydrogen) atoms. The molecule has 1 atom stereocenters. The van der Waals surface area contributed by atoms with E-state index in [1.807, 2.05) is 7.05 Å². The molecule has 1 aliphatic rings. The third kappa shape index (κ3) is 4.79. The van der Waals surface area contributed by atoms with Crippen molar-refractivity contribution in [1.82, 2.24) is 10.2 Å². The Labute approximate surface area is 117 Å². The van der Waals surface area contributed by atoms with Crippen LogP contribution in [0.4, 0.5) is 4.39 Å². The molecule has 1 aromatic carbocycles. The summed E-state index contributed by atoms with van der Waals surface area (Å²) in [7, 11) is 2.02. The van der Waals surface area contributed by atoms with Crippen LogP contribution in [0.3, 0.4) is 0 Å². The molecule has 0 bridgehead atoms. The molecule has 1 amide bonds. The summed E-state index contributed by atoms with van der Waals surface area (Å²) in [4.78, 5) is 13.8. The second-order valence-electron chi connectivity index (χ2n) is 4.80.